The molecule has 0 aliphatic heterocycles. The van der Waals surface area contributed by atoms with Crippen LogP contribution in [0.25, 0.3) is 0 Å². The summed E-state index contributed by atoms with van der Waals surface area (Å²) in [5.74, 6) is -0.808. The molecule has 0 unspecified atom stereocenters. The Morgan fingerprint density at radius 2 is 1.77 bits per heavy atom. The molecule has 0 fully saturated rings. The number of anilines is 1. The number of alkyl halides is 3. The van der Waals surface area contributed by atoms with Crippen molar-refractivity contribution in [2.75, 3.05) is 12.4 Å². The zero-order valence-corrected chi connectivity index (χ0v) is 16.6. The molecule has 9 heteroatoms. The topological polar surface area (TPSA) is 72.5 Å². The van der Waals surface area contributed by atoms with Gasteiger partial charge in [-0.15, -0.1) is 0 Å². The number of hydroxylamine groups is 1. The molecule has 0 atom stereocenters. The number of benzene rings is 2. The molecule has 0 radical (unpaired) electrons. The van der Waals surface area contributed by atoms with E-state index < -0.39 is 17.6 Å². The number of nitrogens with zero attached hydrogens (tertiary/aromatic N) is 1. The van der Waals surface area contributed by atoms with Crippen molar-refractivity contribution in [3.05, 3.63) is 89.2 Å². The Labute approximate surface area is 177 Å². The summed E-state index contributed by atoms with van der Waals surface area (Å²) in [4.78, 5) is 21.6. The first-order valence-electron chi connectivity index (χ1n) is 9.26. The van der Waals surface area contributed by atoms with Crippen molar-refractivity contribution in [1.82, 2.24) is 10.5 Å². The molecule has 3 rings (SSSR count). The highest BCUT2D eigenvalue weighted by Gasteiger charge is 2.34. The van der Waals surface area contributed by atoms with Gasteiger partial charge in [0.25, 0.3) is 5.91 Å². The average molecular weight is 431 g/mol. The van der Waals surface area contributed by atoms with Gasteiger partial charge in [0.1, 0.15) is 5.75 Å². The zero-order chi connectivity index (χ0) is 22.3. The number of halogens is 3. The van der Waals surface area contributed by atoms with Crippen molar-refractivity contribution in [3.8, 4) is 5.75 Å². The van der Waals surface area contributed by atoms with Crippen LogP contribution in [0.3, 0.4) is 0 Å². The molecule has 0 bridgehead atoms. The van der Waals surface area contributed by atoms with E-state index in [-0.39, 0.29) is 17.9 Å². The first-order chi connectivity index (χ1) is 14.9. The number of carbonyl (C=O) groups is 1. The lowest BCUT2D eigenvalue weighted by molar-refractivity contribution is -0.138. The molecule has 0 aliphatic rings. The SMILES string of the molecule is COc1ccc(CONC(=O)c2ccccc2NCc2ccncc2)cc1C(F)(F)F. The predicted molar refractivity (Wildman–Crippen MR) is 108 cm³/mol. The molecule has 0 spiro atoms. The lowest BCUT2D eigenvalue weighted by Crippen LogP contribution is -2.24. The smallest absolute Gasteiger partial charge is 0.419 e. The second-order valence-electron chi connectivity index (χ2n) is 6.51. The van der Waals surface area contributed by atoms with Gasteiger partial charge in [0, 0.05) is 24.6 Å². The maximum Gasteiger partial charge on any atom is 0.419 e. The molecule has 31 heavy (non-hydrogen) atoms. The minimum absolute atomic E-state index is 0.234. The van der Waals surface area contributed by atoms with Crippen LogP contribution in [0, 0.1) is 0 Å². The van der Waals surface area contributed by atoms with Crippen molar-refractivity contribution in [2.45, 2.75) is 19.3 Å². The maximum atomic E-state index is 13.1. The number of nitrogens with one attached hydrogen (secondary N) is 2. The van der Waals surface area contributed by atoms with Crippen LogP contribution >= 0.6 is 0 Å². The number of carbonyl (C=O) groups excluding carboxylic acids is 1. The number of hydrogen-bond donors (Lipinski definition) is 2. The van der Waals surface area contributed by atoms with E-state index in [0.717, 1.165) is 11.6 Å². The standard InChI is InChI=1S/C22H20F3N3O3/c1-30-20-7-6-16(12-18(20)22(23,24)25)14-31-28-21(29)17-4-2-3-5-19(17)27-13-15-8-10-26-11-9-15/h2-12,27H,13-14H2,1H3,(H,28,29). The fourth-order valence-corrected chi connectivity index (χ4v) is 2.84. The van der Waals surface area contributed by atoms with Gasteiger partial charge in [0.2, 0.25) is 0 Å². The van der Waals surface area contributed by atoms with Crippen molar-refractivity contribution in [2.24, 2.45) is 0 Å². The van der Waals surface area contributed by atoms with E-state index >= 15 is 0 Å². The Morgan fingerprint density at radius 3 is 2.48 bits per heavy atom. The highest BCUT2D eigenvalue weighted by atomic mass is 19.4. The van der Waals surface area contributed by atoms with Gasteiger partial charge in [-0.3, -0.25) is 14.6 Å². The van der Waals surface area contributed by atoms with Crippen LogP contribution in [-0.2, 0) is 24.2 Å². The molecule has 1 amide bonds. The number of pyridine rings is 1. The largest absolute Gasteiger partial charge is 0.496 e. The van der Waals surface area contributed by atoms with E-state index in [2.05, 4.69) is 15.8 Å². The minimum Gasteiger partial charge on any atom is -0.496 e. The summed E-state index contributed by atoms with van der Waals surface area (Å²) in [6, 6.07) is 14.1. The quantitative estimate of drug-likeness (QED) is 0.511. The predicted octanol–water partition coefficient (Wildman–Crippen LogP) is 4.58. The molecule has 3 aromatic rings. The van der Waals surface area contributed by atoms with Crippen LogP contribution in [-0.4, -0.2) is 18.0 Å². The van der Waals surface area contributed by atoms with E-state index in [1.54, 1.807) is 36.7 Å². The van der Waals surface area contributed by atoms with Crippen molar-refractivity contribution in [1.29, 1.82) is 0 Å². The molecule has 2 aromatic carbocycles. The summed E-state index contributed by atoms with van der Waals surface area (Å²) in [7, 11) is 1.17. The van der Waals surface area contributed by atoms with Gasteiger partial charge in [0.05, 0.1) is 24.8 Å². The van der Waals surface area contributed by atoms with Gasteiger partial charge in [-0.25, -0.2) is 5.48 Å². The Morgan fingerprint density at radius 1 is 1.03 bits per heavy atom. The van der Waals surface area contributed by atoms with Gasteiger partial charge < -0.3 is 10.1 Å². The third-order valence-electron chi connectivity index (χ3n) is 4.38. The lowest BCUT2D eigenvalue weighted by Gasteiger charge is -2.14. The molecule has 6 nitrogen and oxygen atoms in total. The molecule has 1 heterocycles. The molecule has 0 aliphatic carbocycles. The number of para-hydroxylation sites is 1. The number of rotatable bonds is 8. The van der Waals surface area contributed by atoms with Crippen LogP contribution < -0.4 is 15.5 Å². The Hall–Kier alpha value is -3.59. The van der Waals surface area contributed by atoms with E-state index in [9.17, 15) is 18.0 Å². The van der Waals surface area contributed by atoms with Gasteiger partial charge in [-0.05, 0) is 47.5 Å². The normalized spacial score (nSPS) is 11.1. The van der Waals surface area contributed by atoms with Crippen LogP contribution in [0.15, 0.2) is 67.0 Å². The van der Waals surface area contributed by atoms with Crippen LogP contribution in [0.1, 0.15) is 27.0 Å². The molecule has 0 saturated carbocycles. The number of methoxy groups -OCH3 is 1. The molecular weight excluding hydrogens is 411 g/mol. The summed E-state index contributed by atoms with van der Waals surface area (Å²) >= 11 is 0. The zero-order valence-electron chi connectivity index (χ0n) is 16.6. The number of hydrogen-bond acceptors (Lipinski definition) is 5. The van der Waals surface area contributed by atoms with Crippen LogP contribution in [0.4, 0.5) is 18.9 Å². The Balaban J connectivity index is 1.62. The molecular formula is C22H20F3N3O3. The maximum absolute atomic E-state index is 13.1. The van der Waals surface area contributed by atoms with Gasteiger partial charge in [-0.1, -0.05) is 18.2 Å². The monoisotopic (exact) mass is 431 g/mol. The number of aromatic nitrogens is 1. The molecule has 0 saturated heterocycles. The van der Waals surface area contributed by atoms with Gasteiger partial charge >= 0.3 is 6.18 Å². The Kier molecular flexibility index (Phi) is 7.09. The summed E-state index contributed by atoms with van der Waals surface area (Å²) in [5.41, 5.74) is 3.51. The van der Waals surface area contributed by atoms with E-state index in [4.69, 9.17) is 9.57 Å². The lowest BCUT2D eigenvalue weighted by atomic mass is 10.1. The fraction of sp³-hybridized carbons (Fsp3) is 0.182. The van der Waals surface area contributed by atoms with Gasteiger partial charge in [0.15, 0.2) is 0 Å². The fourth-order valence-electron chi connectivity index (χ4n) is 2.84. The number of ether oxygens (including phenoxy) is 1. The first-order valence-corrected chi connectivity index (χ1v) is 9.26. The van der Waals surface area contributed by atoms with E-state index in [1.165, 1.54) is 19.2 Å². The summed E-state index contributed by atoms with van der Waals surface area (Å²) in [6.07, 6.45) is -1.22. The second-order valence-corrected chi connectivity index (χ2v) is 6.51. The third kappa shape index (κ3) is 5.95. The van der Waals surface area contributed by atoms with Crippen molar-refractivity contribution < 1.29 is 27.5 Å². The summed E-state index contributed by atoms with van der Waals surface area (Å²) < 4.78 is 44.1. The van der Waals surface area contributed by atoms with Crippen molar-refractivity contribution >= 4 is 11.6 Å². The Bertz CT molecular complexity index is 1030. The summed E-state index contributed by atoms with van der Waals surface area (Å²) in [5, 5.41) is 3.17. The van der Waals surface area contributed by atoms with Gasteiger partial charge in [-0.2, -0.15) is 13.2 Å². The average Bonchev–Trinajstić information content (AvgIpc) is 2.78. The molecule has 2 N–H and O–H groups in total. The van der Waals surface area contributed by atoms with Crippen molar-refractivity contribution in [3.63, 3.8) is 0 Å². The first kappa shape index (κ1) is 22.1. The highest BCUT2D eigenvalue weighted by Crippen LogP contribution is 2.36. The minimum atomic E-state index is -4.57. The third-order valence-corrected chi connectivity index (χ3v) is 4.38. The number of amides is 1. The highest BCUT2D eigenvalue weighted by molar-refractivity contribution is 5.99. The summed E-state index contributed by atoms with van der Waals surface area (Å²) in [6.45, 7) is 0.241. The van der Waals surface area contributed by atoms with E-state index in [0.29, 0.717) is 17.8 Å². The van der Waals surface area contributed by atoms with Crippen LogP contribution in [0.5, 0.6) is 5.75 Å². The van der Waals surface area contributed by atoms with E-state index in [1.807, 2.05) is 12.1 Å². The second kappa shape index (κ2) is 9.94. The molecule has 1 aromatic heterocycles. The molecule has 162 valence electrons. The van der Waals surface area contributed by atoms with Crippen LogP contribution in [0.2, 0.25) is 0 Å².